The molecule has 0 saturated heterocycles. The minimum atomic E-state index is -0.521. The van der Waals surface area contributed by atoms with E-state index >= 15 is 0 Å². The molecule has 0 saturated carbocycles. The maximum Gasteiger partial charge on any atom is 0.288 e. The monoisotopic (exact) mass is 417 g/mol. The summed E-state index contributed by atoms with van der Waals surface area (Å²) in [6.07, 6.45) is 1.50. The molecule has 4 aromatic rings. The third-order valence-electron chi connectivity index (χ3n) is 4.27. The average molecular weight is 418 g/mol. The Bertz CT molecular complexity index is 1180. The van der Waals surface area contributed by atoms with Crippen molar-refractivity contribution in [1.82, 2.24) is 25.6 Å². The van der Waals surface area contributed by atoms with Crippen LogP contribution in [0.5, 0.6) is 0 Å². The van der Waals surface area contributed by atoms with Gasteiger partial charge in [0, 0.05) is 16.8 Å². The first-order chi connectivity index (χ1) is 14.6. The van der Waals surface area contributed by atoms with E-state index in [4.69, 9.17) is 11.6 Å². The van der Waals surface area contributed by atoms with E-state index < -0.39 is 11.8 Å². The van der Waals surface area contributed by atoms with Crippen LogP contribution in [0.1, 0.15) is 21.0 Å². The van der Waals surface area contributed by atoms with E-state index in [0.717, 1.165) is 5.56 Å². The van der Waals surface area contributed by atoms with E-state index in [0.29, 0.717) is 16.4 Å². The number of halogens is 1. The highest BCUT2D eigenvalue weighted by Gasteiger charge is 2.18. The van der Waals surface area contributed by atoms with E-state index in [2.05, 4.69) is 20.9 Å². The van der Waals surface area contributed by atoms with Crippen LogP contribution >= 0.6 is 11.6 Å². The highest BCUT2D eigenvalue weighted by molar-refractivity contribution is 6.30. The summed E-state index contributed by atoms with van der Waals surface area (Å²) in [6.45, 7) is 0. The fourth-order valence-corrected chi connectivity index (χ4v) is 2.94. The third-order valence-corrected chi connectivity index (χ3v) is 4.52. The number of aromatic nitrogens is 3. The van der Waals surface area contributed by atoms with Gasteiger partial charge < -0.3 is 0 Å². The normalized spacial score (nSPS) is 10.4. The lowest BCUT2D eigenvalue weighted by atomic mass is 10.1. The van der Waals surface area contributed by atoms with Crippen LogP contribution in [-0.4, -0.2) is 26.6 Å². The van der Waals surface area contributed by atoms with Crippen molar-refractivity contribution in [2.45, 2.75) is 0 Å². The van der Waals surface area contributed by atoms with Crippen molar-refractivity contribution in [2.75, 3.05) is 0 Å². The van der Waals surface area contributed by atoms with Gasteiger partial charge in [0.2, 0.25) is 0 Å². The molecular weight excluding hydrogens is 402 g/mol. The summed E-state index contributed by atoms with van der Waals surface area (Å²) in [5.74, 6) is -1.04. The Morgan fingerprint density at radius 3 is 2.23 bits per heavy atom. The quantitative estimate of drug-likeness (QED) is 0.496. The van der Waals surface area contributed by atoms with Gasteiger partial charge >= 0.3 is 0 Å². The number of nitrogens with one attached hydrogen (secondary N) is 2. The zero-order chi connectivity index (χ0) is 20.9. The first-order valence-corrected chi connectivity index (χ1v) is 9.43. The van der Waals surface area contributed by atoms with Crippen LogP contribution in [0.3, 0.4) is 0 Å². The van der Waals surface area contributed by atoms with Gasteiger partial charge in [0.15, 0.2) is 0 Å². The lowest BCUT2D eigenvalue weighted by molar-refractivity contribution is 0.0839. The summed E-state index contributed by atoms with van der Waals surface area (Å²) in [5.41, 5.74) is 7.35. The predicted octanol–water partition coefficient (Wildman–Crippen LogP) is 3.66. The SMILES string of the molecule is O=C(NNC(=O)c1cc(-c2ccc(Cl)cc2)nn1-c1ccccc1)c1ccccn1. The van der Waals surface area contributed by atoms with Gasteiger partial charge in [0.05, 0.1) is 11.4 Å². The summed E-state index contributed by atoms with van der Waals surface area (Å²) in [6, 6.07) is 23.0. The molecule has 4 rings (SSSR count). The molecule has 0 bridgehead atoms. The molecule has 0 unspecified atom stereocenters. The maximum atomic E-state index is 12.8. The van der Waals surface area contributed by atoms with Crippen molar-refractivity contribution >= 4 is 23.4 Å². The average Bonchev–Trinajstić information content (AvgIpc) is 3.24. The second kappa shape index (κ2) is 8.59. The standard InChI is InChI=1S/C22H16ClN5O2/c23-16-11-9-15(10-12-16)19-14-20(28(27-19)17-6-2-1-3-7-17)22(30)26-25-21(29)18-8-4-5-13-24-18/h1-14H,(H,25,29)(H,26,30). The molecule has 8 heteroatoms. The molecule has 0 fully saturated rings. The van der Waals surface area contributed by atoms with Crippen LogP contribution < -0.4 is 10.9 Å². The first-order valence-electron chi connectivity index (χ1n) is 9.05. The molecule has 7 nitrogen and oxygen atoms in total. The van der Waals surface area contributed by atoms with E-state index in [1.54, 1.807) is 36.4 Å². The van der Waals surface area contributed by atoms with Crippen molar-refractivity contribution in [3.63, 3.8) is 0 Å². The molecule has 0 aliphatic carbocycles. The second-order valence-corrected chi connectivity index (χ2v) is 6.73. The van der Waals surface area contributed by atoms with Crippen LogP contribution in [0.15, 0.2) is 85.1 Å². The molecule has 0 radical (unpaired) electrons. The zero-order valence-corrected chi connectivity index (χ0v) is 16.4. The Morgan fingerprint density at radius 2 is 1.53 bits per heavy atom. The summed E-state index contributed by atoms with van der Waals surface area (Å²) in [7, 11) is 0. The smallest absolute Gasteiger partial charge is 0.266 e. The van der Waals surface area contributed by atoms with E-state index in [-0.39, 0.29) is 11.4 Å². The summed E-state index contributed by atoms with van der Waals surface area (Å²) < 4.78 is 1.52. The lowest BCUT2D eigenvalue weighted by Crippen LogP contribution is -2.42. The van der Waals surface area contributed by atoms with Crippen LogP contribution in [-0.2, 0) is 0 Å². The minimum absolute atomic E-state index is 0.191. The molecule has 2 heterocycles. The molecule has 2 amide bonds. The molecule has 0 spiro atoms. The number of benzene rings is 2. The van der Waals surface area contributed by atoms with Crippen molar-refractivity contribution < 1.29 is 9.59 Å². The van der Waals surface area contributed by atoms with E-state index in [1.165, 1.54) is 10.9 Å². The summed E-state index contributed by atoms with van der Waals surface area (Å²) >= 11 is 5.97. The van der Waals surface area contributed by atoms with Gasteiger partial charge in [-0.2, -0.15) is 5.10 Å². The number of nitrogens with zero attached hydrogens (tertiary/aromatic N) is 3. The van der Waals surface area contributed by atoms with Crippen molar-refractivity contribution in [1.29, 1.82) is 0 Å². The van der Waals surface area contributed by atoms with Gasteiger partial charge in [-0.3, -0.25) is 25.4 Å². The molecule has 148 valence electrons. The van der Waals surface area contributed by atoms with Gasteiger partial charge in [-0.05, 0) is 42.5 Å². The number of hydrogen-bond acceptors (Lipinski definition) is 4. The summed E-state index contributed by atoms with van der Waals surface area (Å²) in [4.78, 5) is 29.0. The van der Waals surface area contributed by atoms with Crippen LogP contribution in [0.4, 0.5) is 0 Å². The van der Waals surface area contributed by atoms with Gasteiger partial charge in [0.25, 0.3) is 11.8 Å². The topological polar surface area (TPSA) is 88.9 Å². The lowest BCUT2D eigenvalue weighted by Gasteiger charge is -2.09. The second-order valence-electron chi connectivity index (χ2n) is 6.29. The van der Waals surface area contributed by atoms with Crippen molar-refractivity contribution in [3.05, 3.63) is 101 Å². The predicted molar refractivity (Wildman–Crippen MR) is 113 cm³/mol. The van der Waals surface area contributed by atoms with E-state index in [1.807, 2.05) is 42.5 Å². The molecule has 30 heavy (non-hydrogen) atoms. The largest absolute Gasteiger partial charge is 0.288 e. The van der Waals surface area contributed by atoms with Gasteiger partial charge in [-0.25, -0.2) is 4.68 Å². The number of para-hydroxylation sites is 1. The molecule has 0 aliphatic heterocycles. The molecule has 2 aromatic heterocycles. The molecule has 2 aromatic carbocycles. The highest BCUT2D eigenvalue weighted by atomic mass is 35.5. The fourth-order valence-electron chi connectivity index (χ4n) is 2.81. The minimum Gasteiger partial charge on any atom is -0.266 e. The third kappa shape index (κ3) is 4.21. The van der Waals surface area contributed by atoms with Gasteiger partial charge in [-0.1, -0.05) is 48.0 Å². The Hall–Kier alpha value is -3.97. The fraction of sp³-hybridized carbons (Fsp3) is 0. The number of pyridine rings is 1. The van der Waals surface area contributed by atoms with Gasteiger partial charge in [-0.15, -0.1) is 0 Å². The first kappa shape index (κ1) is 19.4. The molecule has 0 aliphatic rings. The molecule has 2 N–H and O–H groups in total. The van der Waals surface area contributed by atoms with Crippen LogP contribution in [0.2, 0.25) is 5.02 Å². The van der Waals surface area contributed by atoms with E-state index in [9.17, 15) is 9.59 Å². The number of carbonyl (C=O) groups excluding carboxylic acids is 2. The number of carbonyl (C=O) groups is 2. The van der Waals surface area contributed by atoms with Crippen molar-refractivity contribution in [2.24, 2.45) is 0 Å². The zero-order valence-electron chi connectivity index (χ0n) is 15.6. The Kier molecular flexibility index (Phi) is 5.54. The number of rotatable bonds is 4. The van der Waals surface area contributed by atoms with Crippen molar-refractivity contribution in [3.8, 4) is 16.9 Å². The molecule has 0 atom stereocenters. The number of amides is 2. The van der Waals surface area contributed by atoms with Crippen LogP contribution in [0.25, 0.3) is 16.9 Å². The maximum absolute atomic E-state index is 12.8. The highest BCUT2D eigenvalue weighted by Crippen LogP contribution is 2.23. The van der Waals surface area contributed by atoms with Gasteiger partial charge in [0.1, 0.15) is 11.4 Å². The Labute approximate surface area is 177 Å². The molecular formula is C22H16ClN5O2. The van der Waals surface area contributed by atoms with Crippen LogP contribution in [0, 0.1) is 0 Å². The number of hydrazine groups is 1. The summed E-state index contributed by atoms with van der Waals surface area (Å²) in [5, 5.41) is 5.18. The Balaban J connectivity index is 1.63. The Morgan fingerprint density at radius 1 is 0.833 bits per heavy atom. The number of hydrogen-bond donors (Lipinski definition) is 2.